The maximum atomic E-state index is 4.85. The van der Waals surface area contributed by atoms with E-state index in [0.717, 1.165) is 18.2 Å². The van der Waals surface area contributed by atoms with Crippen LogP contribution in [0, 0.1) is 11.3 Å². The summed E-state index contributed by atoms with van der Waals surface area (Å²) in [6.07, 6.45) is 8.30. The smallest absolute Gasteiger partial charge is 0.124 e. The van der Waals surface area contributed by atoms with Crippen molar-refractivity contribution >= 4 is 0 Å². The largest absolute Gasteiger partial charge is 0.364 e. The molecule has 1 saturated carbocycles. The van der Waals surface area contributed by atoms with Gasteiger partial charge in [-0.15, -0.1) is 0 Å². The molecule has 0 radical (unpaired) electrons. The second-order valence-electron chi connectivity index (χ2n) is 6.64. The summed E-state index contributed by atoms with van der Waals surface area (Å²) in [7, 11) is 0. The SMILES string of the molecule is CC(C)(C)C1CCCC(NCc2ccon2)CC1. The highest BCUT2D eigenvalue weighted by Gasteiger charge is 2.27. The van der Waals surface area contributed by atoms with E-state index in [1.807, 2.05) is 6.07 Å². The van der Waals surface area contributed by atoms with Gasteiger partial charge in [0.05, 0.1) is 5.69 Å². The second-order valence-corrected chi connectivity index (χ2v) is 6.64. The number of aromatic nitrogens is 1. The van der Waals surface area contributed by atoms with Crippen LogP contribution < -0.4 is 5.32 Å². The van der Waals surface area contributed by atoms with Gasteiger partial charge in [-0.2, -0.15) is 0 Å². The molecule has 2 atom stereocenters. The molecule has 18 heavy (non-hydrogen) atoms. The van der Waals surface area contributed by atoms with Gasteiger partial charge in [-0.25, -0.2) is 0 Å². The lowest BCUT2D eigenvalue weighted by atomic mass is 9.76. The van der Waals surface area contributed by atoms with Gasteiger partial charge >= 0.3 is 0 Å². The molecule has 1 aromatic heterocycles. The lowest BCUT2D eigenvalue weighted by Gasteiger charge is -2.29. The molecule has 1 aliphatic rings. The van der Waals surface area contributed by atoms with Crippen molar-refractivity contribution in [2.75, 3.05) is 0 Å². The summed E-state index contributed by atoms with van der Waals surface area (Å²) < 4.78 is 4.85. The van der Waals surface area contributed by atoms with E-state index in [1.54, 1.807) is 6.26 Å². The minimum Gasteiger partial charge on any atom is -0.364 e. The Morgan fingerprint density at radius 3 is 2.78 bits per heavy atom. The Morgan fingerprint density at radius 1 is 1.28 bits per heavy atom. The van der Waals surface area contributed by atoms with E-state index in [4.69, 9.17) is 4.52 Å². The third-order valence-corrected chi connectivity index (χ3v) is 4.26. The fourth-order valence-electron chi connectivity index (χ4n) is 2.95. The zero-order valence-corrected chi connectivity index (χ0v) is 11.9. The predicted molar refractivity (Wildman–Crippen MR) is 73.2 cm³/mol. The van der Waals surface area contributed by atoms with Gasteiger partial charge in [0.1, 0.15) is 6.26 Å². The molecule has 0 spiro atoms. The van der Waals surface area contributed by atoms with Crippen molar-refractivity contribution in [3.8, 4) is 0 Å². The zero-order valence-electron chi connectivity index (χ0n) is 11.9. The van der Waals surface area contributed by atoms with E-state index in [0.29, 0.717) is 11.5 Å². The number of nitrogens with zero attached hydrogens (tertiary/aromatic N) is 1. The van der Waals surface area contributed by atoms with E-state index >= 15 is 0 Å². The molecular formula is C15H26N2O. The molecule has 0 aromatic carbocycles. The van der Waals surface area contributed by atoms with Crippen molar-refractivity contribution in [1.29, 1.82) is 0 Å². The summed E-state index contributed by atoms with van der Waals surface area (Å²) in [5.41, 5.74) is 1.47. The zero-order chi connectivity index (χ0) is 13.0. The van der Waals surface area contributed by atoms with Crippen molar-refractivity contribution < 1.29 is 4.52 Å². The van der Waals surface area contributed by atoms with Crippen molar-refractivity contribution in [1.82, 2.24) is 10.5 Å². The Labute approximate surface area is 110 Å². The molecule has 2 rings (SSSR count). The topological polar surface area (TPSA) is 38.1 Å². The van der Waals surface area contributed by atoms with Crippen molar-refractivity contribution in [3.63, 3.8) is 0 Å². The number of rotatable bonds is 3. The third kappa shape index (κ3) is 3.84. The lowest BCUT2D eigenvalue weighted by molar-refractivity contribution is 0.213. The van der Waals surface area contributed by atoms with Gasteiger partial charge in [-0.1, -0.05) is 32.3 Å². The average Bonchev–Trinajstić information content (AvgIpc) is 2.69. The van der Waals surface area contributed by atoms with Gasteiger partial charge in [0, 0.05) is 18.7 Å². The van der Waals surface area contributed by atoms with Gasteiger partial charge in [0.15, 0.2) is 0 Å². The van der Waals surface area contributed by atoms with Crippen LogP contribution in [0.2, 0.25) is 0 Å². The molecule has 3 nitrogen and oxygen atoms in total. The highest BCUT2D eigenvalue weighted by Crippen LogP contribution is 2.36. The summed E-state index contributed by atoms with van der Waals surface area (Å²) in [6, 6.07) is 2.58. The second kappa shape index (κ2) is 5.87. The molecular weight excluding hydrogens is 224 g/mol. The van der Waals surface area contributed by atoms with Crippen LogP contribution >= 0.6 is 0 Å². The summed E-state index contributed by atoms with van der Waals surface area (Å²) in [6.45, 7) is 7.96. The van der Waals surface area contributed by atoms with Crippen molar-refractivity contribution in [3.05, 3.63) is 18.0 Å². The first-order valence-corrected chi connectivity index (χ1v) is 7.18. The van der Waals surface area contributed by atoms with Crippen LogP contribution in [0.15, 0.2) is 16.9 Å². The van der Waals surface area contributed by atoms with Gasteiger partial charge in [-0.3, -0.25) is 0 Å². The minimum absolute atomic E-state index is 0.459. The van der Waals surface area contributed by atoms with Gasteiger partial charge < -0.3 is 9.84 Å². The summed E-state index contributed by atoms with van der Waals surface area (Å²) in [4.78, 5) is 0. The summed E-state index contributed by atoms with van der Waals surface area (Å²) in [5.74, 6) is 0.872. The Hall–Kier alpha value is -0.830. The van der Waals surface area contributed by atoms with Crippen LogP contribution in [0.4, 0.5) is 0 Å². The maximum absolute atomic E-state index is 4.85. The molecule has 1 aromatic rings. The molecule has 1 N–H and O–H groups in total. The molecule has 3 heteroatoms. The fraction of sp³-hybridized carbons (Fsp3) is 0.800. The van der Waals surface area contributed by atoms with Crippen LogP contribution in [0.25, 0.3) is 0 Å². The van der Waals surface area contributed by atoms with E-state index in [-0.39, 0.29) is 0 Å². The lowest BCUT2D eigenvalue weighted by Crippen LogP contribution is -2.28. The van der Waals surface area contributed by atoms with E-state index in [1.165, 1.54) is 32.1 Å². The molecule has 2 unspecified atom stereocenters. The Kier molecular flexibility index (Phi) is 4.44. The normalized spacial score (nSPS) is 25.9. The first-order valence-electron chi connectivity index (χ1n) is 7.18. The fourth-order valence-corrected chi connectivity index (χ4v) is 2.95. The standard InChI is InChI=1S/C15H26N2O/c1-15(2,3)12-5-4-6-13(8-7-12)16-11-14-9-10-18-17-14/h9-10,12-13,16H,4-8,11H2,1-3H3. The van der Waals surface area contributed by atoms with Gasteiger partial charge in [0.25, 0.3) is 0 Å². The minimum atomic E-state index is 0.459. The Bertz CT molecular complexity index is 340. The van der Waals surface area contributed by atoms with Crippen LogP contribution in [0.1, 0.15) is 58.6 Å². The number of hydrogen-bond acceptors (Lipinski definition) is 3. The number of hydrogen-bond donors (Lipinski definition) is 1. The molecule has 0 bridgehead atoms. The summed E-state index contributed by atoms with van der Waals surface area (Å²) in [5, 5.41) is 7.55. The maximum Gasteiger partial charge on any atom is 0.124 e. The molecule has 1 heterocycles. The van der Waals surface area contributed by atoms with Crippen molar-refractivity contribution in [2.45, 2.75) is 65.5 Å². The van der Waals surface area contributed by atoms with Crippen LogP contribution in [0.5, 0.6) is 0 Å². The number of nitrogens with one attached hydrogen (secondary N) is 1. The van der Waals surface area contributed by atoms with E-state index in [2.05, 4.69) is 31.2 Å². The highest BCUT2D eigenvalue weighted by atomic mass is 16.5. The molecule has 102 valence electrons. The quantitative estimate of drug-likeness (QED) is 0.830. The monoisotopic (exact) mass is 250 g/mol. The molecule has 0 amide bonds. The average molecular weight is 250 g/mol. The van der Waals surface area contributed by atoms with Crippen LogP contribution in [-0.2, 0) is 6.54 Å². The first-order chi connectivity index (χ1) is 8.55. The predicted octanol–water partition coefficient (Wildman–Crippen LogP) is 3.76. The summed E-state index contributed by atoms with van der Waals surface area (Å²) >= 11 is 0. The Balaban J connectivity index is 1.78. The Morgan fingerprint density at radius 2 is 2.11 bits per heavy atom. The molecule has 1 aliphatic carbocycles. The molecule has 0 aliphatic heterocycles. The van der Waals surface area contributed by atoms with Gasteiger partial charge in [0.2, 0.25) is 0 Å². The highest BCUT2D eigenvalue weighted by molar-refractivity contribution is 4.95. The molecule has 1 fully saturated rings. The van der Waals surface area contributed by atoms with E-state index in [9.17, 15) is 0 Å². The first kappa shape index (κ1) is 13.6. The van der Waals surface area contributed by atoms with Gasteiger partial charge in [-0.05, 0) is 37.0 Å². The van der Waals surface area contributed by atoms with Crippen molar-refractivity contribution in [2.24, 2.45) is 11.3 Å². The third-order valence-electron chi connectivity index (χ3n) is 4.26. The van der Waals surface area contributed by atoms with Crippen LogP contribution in [0.3, 0.4) is 0 Å². The van der Waals surface area contributed by atoms with Crippen LogP contribution in [-0.4, -0.2) is 11.2 Å². The van der Waals surface area contributed by atoms with E-state index < -0.39 is 0 Å². The molecule has 0 saturated heterocycles.